The highest BCUT2D eigenvalue weighted by molar-refractivity contribution is 7.11. The van der Waals surface area contributed by atoms with Gasteiger partial charge in [-0.1, -0.05) is 25.1 Å². The van der Waals surface area contributed by atoms with Gasteiger partial charge in [0.2, 0.25) is 0 Å². The van der Waals surface area contributed by atoms with Gasteiger partial charge in [0.1, 0.15) is 5.75 Å². The Morgan fingerprint density at radius 3 is 2.68 bits per heavy atom. The Labute approximate surface area is 118 Å². The second-order valence-corrected chi connectivity index (χ2v) is 5.78. The summed E-state index contributed by atoms with van der Waals surface area (Å²) in [7, 11) is 0. The number of hydrogen-bond acceptors (Lipinski definition) is 4. The number of hydrogen-bond donors (Lipinski definition) is 1. The lowest BCUT2D eigenvalue weighted by Crippen LogP contribution is -2.13. The molecule has 0 spiro atoms. The van der Waals surface area contributed by atoms with Crippen LogP contribution in [0.15, 0.2) is 24.3 Å². The Hall–Kier alpha value is -1.39. The Morgan fingerprint density at radius 1 is 1.32 bits per heavy atom. The summed E-state index contributed by atoms with van der Waals surface area (Å²) in [6.45, 7) is 6.82. The molecule has 1 unspecified atom stereocenters. The first kappa shape index (κ1) is 14.0. The normalized spacial score (nSPS) is 12.4. The van der Waals surface area contributed by atoms with Gasteiger partial charge in [0, 0.05) is 10.4 Å². The highest BCUT2D eigenvalue weighted by atomic mass is 32.1. The molecular formula is C15H20N2OS. The number of thiazole rings is 1. The molecule has 1 heterocycles. The first-order valence-electron chi connectivity index (χ1n) is 6.54. The first-order valence-corrected chi connectivity index (χ1v) is 7.36. The summed E-state index contributed by atoms with van der Waals surface area (Å²) in [5.41, 5.74) is 8.44. The molecule has 102 valence electrons. The molecule has 1 atom stereocenters. The van der Waals surface area contributed by atoms with E-state index in [1.807, 2.05) is 38.1 Å². The maximum atomic E-state index is 6.39. The molecule has 0 aliphatic heterocycles. The van der Waals surface area contributed by atoms with E-state index < -0.39 is 0 Å². The minimum Gasteiger partial charge on any atom is -0.493 e. The molecule has 4 heteroatoms. The summed E-state index contributed by atoms with van der Waals surface area (Å²) >= 11 is 1.66. The Morgan fingerprint density at radius 2 is 2.05 bits per heavy atom. The monoisotopic (exact) mass is 276 g/mol. The molecule has 1 aromatic heterocycles. The van der Waals surface area contributed by atoms with Gasteiger partial charge in [-0.3, -0.25) is 0 Å². The maximum absolute atomic E-state index is 6.39. The minimum absolute atomic E-state index is 0.167. The molecule has 0 radical (unpaired) electrons. The van der Waals surface area contributed by atoms with E-state index >= 15 is 0 Å². The van der Waals surface area contributed by atoms with E-state index in [9.17, 15) is 0 Å². The van der Waals surface area contributed by atoms with Crippen molar-refractivity contribution in [1.82, 2.24) is 4.98 Å². The highest BCUT2D eigenvalue weighted by Crippen LogP contribution is 2.33. The fourth-order valence-corrected chi connectivity index (χ4v) is 3.01. The van der Waals surface area contributed by atoms with Crippen molar-refractivity contribution < 1.29 is 4.74 Å². The molecule has 0 amide bonds. The van der Waals surface area contributed by atoms with Gasteiger partial charge in [-0.2, -0.15) is 0 Å². The smallest absolute Gasteiger partial charge is 0.124 e. The Balaban J connectivity index is 2.32. The molecule has 0 bridgehead atoms. The zero-order chi connectivity index (χ0) is 13.8. The largest absolute Gasteiger partial charge is 0.493 e. The zero-order valence-electron chi connectivity index (χ0n) is 11.6. The van der Waals surface area contributed by atoms with Crippen LogP contribution in [0.25, 0.3) is 0 Å². The van der Waals surface area contributed by atoms with Crippen molar-refractivity contribution in [2.45, 2.75) is 33.2 Å². The third-order valence-electron chi connectivity index (χ3n) is 2.94. The second kappa shape index (κ2) is 6.17. The van der Waals surface area contributed by atoms with E-state index in [2.05, 4.69) is 11.9 Å². The van der Waals surface area contributed by atoms with Gasteiger partial charge < -0.3 is 10.5 Å². The molecule has 0 fully saturated rings. The van der Waals surface area contributed by atoms with Crippen molar-refractivity contribution in [3.05, 3.63) is 45.4 Å². The van der Waals surface area contributed by atoms with Crippen LogP contribution in [0.2, 0.25) is 0 Å². The molecule has 0 saturated heterocycles. The van der Waals surface area contributed by atoms with E-state index in [0.717, 1.165) is 33.3 Å². The topological polar surface area (TPSA) is 48.1 Å². The predicted molar refractivity (Wildman–Crippen MR) is 79.8 cm³/mol. The van der Waals surface area contributed by atoms with E-state index in [1.54, 1.807) is 11.3 Å². The van der Waals surface area contributed by atoms with Crippen molar-refractivity contribution in [2.24, 2.45) is 5.73 Å². The van der Waals surface area contributed by atoms with Crippen LogP contribution in [0.5, 0.6) is 5.75 Å². The summed E-state index contributed by atoms with van der Waals surface area (Å²) < 4.78 is 5.78. The van der Waals surface area contributed by atoms with Crippen LogP contribution in [0.3, 0.4) is 0 Å². The van der Waals surface area contributed by atoms with Gasteiger partial charge in [-0.25, -0.2) is 4.98 Å². The number of benzene rings is 1. The van der Waals surface area contributed by atoms with Crippen LogP contribution in [0, 0.1) is 13.8 Å². The highest BCUT2D eigenvalue weighted by Gasteiger charge is 2.18. The number of rotatable bonds is 5. The van der Waals surface area contributed by atoms with Gasteiger partial charge in [0.15, 0.2) is 0 Å². The lowest BCUT2D eigenvalue weighted by Gasteiger charge is -2.16. The van der Waals surface area contributed by atoms with Crippen molar-refractivity contribution in [1.29, 1.82) is 0 Å². The average molecular weight is 276 g/mol. The van der Waals surface area contributed by atoms with E-state index in [1.165, 1.54) is 0 Å². The van der Waals surface area contributed by atoms with Crippen molar-refractivity contribution >= 4 is 11.3 Å². The van der Waals surface area contributed by atoms with E-state index in [-0.39, 0.29) is 6.04 Å². The van der Waals surface area contributed by atoms with Gasteiger partial charge in [0.05, 0.1) is 23.4 Å². The third kappa shape index (κ3) is 3.14. The lowest BCUT2D eigenvalue weighted by atomic mass is 10.0. The van der Waals surface area contributed by atoms with Crippen LogP contribution in [0.1, 0.15) is 40.5 Å². The molecule has 0 aliphatic carbocycles. The Kier molecular flexibility index (Phi) is 4.56. The van der Waals surface area contributed by atoms with Crippen LogP contribution >= 0.6 is 11.3 Å². The standard InChI is InChI=1S/C15H20N2OS/c1-4-9-18-13-8-6-5-7-12(13)14(16)15-10(2)17-11(3)19-15/h5-8,14H,4,9,16H2,1-3H3. The molecular weight excluding hydrogens is 256 g/mol. The number of aromatic nitrogens is 1. The van der Waals surface area contributed by atoms with Gasteiger partial charge >= 0.3 is 0 Å². The molecule has 0 aliphatic rings. The van der Waals surface area contributed by atoms with Crippen molar-refractivity contribution in [3.8, 4) is 5.75 Å². The summed E-state index contributed by atoms with van der Waals surface area (Å²) in [5, 5.41) is 1.05. The molecule has 3 nitrogen and oxygen atoms in total. The number of ether oxygens (including phenoxy) is 1. The number of nitrogens with zero attached hydrogens (tertiary/aromatic N) is 1. The molecule has 19 heavy (non-hydrogen) atoms. The molecule has 2 N–H and O–H groups in total. The van der Waals surface area contributed by atoms with E-state index in [0.29, 0.717) is 6.61 Å². The number of nitrogens with two attached hydrogens (primary N) is 1. The van der Waals surface area contributed by atoms with Crippen LogP contribution in [-0.2, 0) is 0 Å². The number of aryl methyl sites for hydroxylation is 2. The zero-order valence-corrected chi connectivity index (χ0v) is 12.5. The SMILES string of the molecule is CCCOc1ccccc1C(N)c1sc(C)nc1C. The van der Waals surface area contributed by atoms with Gasteiger partial charge in [-0.05, 0) is 26.3 Å². The summed E-state index contributed by atoms with van der Waals surface area (Å²) in [4.78, 5) is 5.56. The summed E-state index contributed by atoms with van der Waals surface area (Å²) in [6.07, 6.45) is 0.988. The van der Waals surface area contributed by atoms with Gasteiger partial charge in [0.25, 0.3) is 0 Å². The van der Waals surface area contributed by atoms with Crippen LogP contribution in [0.4, 0.5) is 0 Å². The van der Waals surface area contributed by atoms with Crippen LogP contribution in [-0.4, -0.2) is 11.6 Å². The molecule has 2 rings (SSSR count). The predicted octanol–water partition coefficient (Wildman–Crippen LogP) is 3.60. The third-order valence-corrected chi connectivity index (χ3v) is 4.09. The number of para-hydroxylation sites is 1. The first-order chi connectivity index (χ1) is 9.13. The van der Waals surface area contributed by atoms with Crippen molar-refractivity contribution in [2.75, 3.05) is 6.61 Å². The minimum atomic E-state index is -0.167. The second-order valence-electron chi connectivity index (χ2n) is 4.55. The molecule has 1 aromatic carbocycles. The van der Waals surface area contributed by atoms with Crippen LogP contribution < -0.4 is 10.5 Å². The molecule has 2 aromatic rings. The Bertz CT molecular complexity index is 551. The fourth-order valence-electron chi connectivity index (χ4n) is 2.06. The maximum Gasteiger partial charge on any atom is 0.124 e. The van der Waals surface area contributed by atoms with Crippen molar-refractivity contribution in [3.63, 3.8) is 0 Å². The quantitative estimate of drug-likeness (QED) is 0.907. The summed E-state index contributed by atoms with van der Waals surface area (Å²) in [6, 6.07) is 7.82. The van der Waals surface area contributed by atoms with E-state index in [4.69, 9.17) is 10.5 Å². The average Bonchev–Trinajstić information content (AvgIpc) is 2.75. The lowest BCUT2D eigenvalue weighted by molar-refractivity contribution is 0.313. The summed E-state index contributed by atoms with van der Waals surface area (Å²) in [5.74, 6) is 0.877. The molecule has 0 saturated carbocycles. The fraction of sp³-hybridized carbons (Fsp3) is 0.400. The van der Waals surface area contributed by atoms with Gasteiger partial charge in [-0.15, -0.1) is 11.3 Å².